The van der Waals surface area contributed by atoms with E-state index in [0.29, 0.717) is 24.7 Å². The number of nitrogens with zero attached hydrogens (tertiary/aromatic N) is 2. The van der Waals surface area contributed by atoms with Crippen molar-refractivity contribution in [2.75, 3.05) is 6.61 Å². The number of ether oxygens (including phenoxy) is 1. The minimum absolute atomic E-state index is 0.244. The van der Waals surface area contributed by atoms with Gasteiger partial charge in [0.25, 0.3) is 0 Å². The van der Waals surface area contributed by atoms with Crippen LogP contribution in [0.4, 0.5) is 4.79 Å². The summed E-state index contributed by atoms with van der Waals surface area (Å²) in [4.78, 5) is 16.4. The molecular weight excluding hydrogens is 352 g/mol. The molecule has 0 aliphatic carbocycles. The number of benzene rings is 1. The molecule has 2 N–H and O–H groups in total. The van der Waals surface area contributed by atoms with Crippen LogP contribution in [-0.4, -0.2) is 22.0 Å². The Morgan fingerprint density at radius 2 is 1.88 bits per heavy atom. The first-order valence-electron chi connectivity index (χ1n) is 8.50. The Morgan fingerprint density at radius 3 is 2.65 bits per heavy atom. The largest absolute Gasteiger partial charge is 0.494 e. The second-order valence-electron chi connectivity index (χ2n) is 5.87. The molecule has 3 rings (SSSR count). The number of urea groups is 1. The van der Waals surface area contributed by atoms with Crippen LogP contribution in [0, 0.1) is 0 Å². The van der Waals surface area contributed by atoms with Crippen LogP contribution in [0.25, 0.3) is 5.65 Å². The third-order valence-electron chi connectivity index (χ3n) is 3.74. The van der Waals surface area contributed by atoms with E-state index in [1.807, 2.05) is 40.9 Å². The number of fused-ring (bicyclic) bond motifs is 1. The first-order valence-corrected chi connectivity index (χ1v) is 8.88. The van der Waals surface area contributed by atoms with Gasteiger partial charge in [0.1, 0.15) is 11.4 Å². The highest BCUT2D eigenvalue weighted by molar-refractivity contribution is 6.30. The highest BCUT2D eigenvalue weighted by atomic mass is 35.5. The number of amides is 2. The quantitative estimate of drug-likeness (QED) is 0.663. The number of aromatic nitrogens is 2. The summed E-state index contributed by atoms with van der Waals surface area (Å²) in [7, 11) is 0. The molecule has 2 heterocycles. The third-order valence-corrected chi connectivity index (χ3v) is 3.97. The van der Waals surface area contributed by atoms with E-state index >= 15 is 0 Å². The Morgan fingerprint density at radius 1 is 1.12 bits per heavy atom. The van der Waals surface area contributed by atoms with Crippen molar-refractivity contribution in [3.8, 4) is 5.75 Å². The molecule has 2 aromatic heterocycles. The topological polar surface area (TPSA) is 67.7 Å². The van der Waals surface area contributed by atoms with Crippen molar-refractivity contribution in [3.63, 3.8) is 0 Å². The van der Waals surface area contributed by atoms with Crippen LogP contribution in [0.2, 0.25) is 5.02 Å². The molecule has 0 atom stereocenters. The number of carbonyl (C=O) groups is 1. The summed E-state index contributed by atoms with van der Waals surface area (Å²) in [5.74, 6) is 0.840. The lowest BCUT2D eigenvalue weighted by atomic mass is 10.2. The molecule has 0 radical (unpaired) electrons. The maximum Gasteiger partial charge on any atom is 0.315 e. The van der Waals surface area contributed by atoms with Crippen LogP contribution in [0.3, 0.4) is 0 Å². The summed E-state index contributed by atoms with van der Waals surface area (Å²) in [6, 6.07) is 11.1. The van der Waals surface area contributed by atoms with Crippen LogP contribution >= 0.6 is 11.6 Å². The van der Waals surface area contributed by atoms with Gasteiger partial charge in [-0.3, -0.25) is 0 Å². The van der Waals surface area contributed by atoms with Gasteiger partial charge in [0, 0.05) is 18.9 Å². The predicted molar refractivity (Wildman–Crippen MR) is 102 cm³/mol. The van der Waals surface area contributed by atoms with Crippen LogP contribution in [0.1, 0.15) is 24.6 Å². The Hall–Kier alpha value is -2.73. The molecule has 0 spiro atoms. The lowest BCUT2D eigenvalue weighted by molar-refractivity contribution is 0.240. The van der Waals surface area contributed by atoms with Crippen LogP contribution in [0.15, 0.2) is 48.8 Å². The standard InChI is InChI=1S/C19H21ClN4O2/c1-2-9-26-17-6-3-14(4-7-17)10-21-19(25)22-11-16-13-24-12-15(20)5-8-18(24)23-16/h3-8,12-13H,2,9-11H2,1H3,(H2,21,22,25). The monoisotopic (exact) mass is 372 g/mol. The van der Waals surface area contributed by atoms with Crippen LogP contribution in [0.5, 0.6) is 5.75 Å². The minimum atomic E-state index is -0.244. The molecular formula is C19H21ClN4O2. The molecule has 0 aliphatic rings. The summed E-state index contributed by atoms with van der Waals surface area (Å²) < 4.78 is 7.37. The van der Waals surface area contributed by atoms with E-state index in [1.54, 1.807) is 12.3 Å². The highest BCUT2D eigenvalue weighted by Crippen LogP contribution is 2.13. The number of hydrogen-bond acceptors (Lipinski definition) is 3. The highest BCUT2D eigenvalue weighted by Gasteiger charge is 2.05. The van der Waals surface area contributed by atoms with Gasteiger partial charge < -0.3 is 19.8 Å². The van der Waals surface area contributed by atoms with E-state index in [4.69, 9.17) is 16.3 Å². The van der Waals surface area contributed by atoms with Gasteiger partial charge in [-0.2, -0.15) is 0 Å². The van der Waals surface area contributed by atoms with E-state index in [0.717, 1.165) is 29.1 Å². The Balaban J connectivity index is 1.46. The molecule has 2 amide bonds. The first kappa shape index (κ1) is 18.1. The van der Waals surface area contributed by atoms with Crippen molar-refractivity contribution >= 4 is 23.3 Å². The van der Waals surface area contributed by atoms with E-state index in [-0.39, 0.29) is 6.03 Å². The Labute approximate surface area is 157 Å². The van der Waals surface area contributed by atoms with Crippen molar-refractivity contribution in [1.29, 1.82) is 0 Å². The molecule has 26 heavy (non-hydrogen) atoms. The van der Waals surface area contributed by atoms with Gasteiger partial charge in [-0.15, -0.1) is 0 Å². The number of nitrogens with one attached hydrogen (secondary N) is 2. The number of imidazole rings is 1. The van der Waals surface area contributed by atoms with Gasteiger partial charge in [-0.1, -0.05) is 30.7 Å². The molecule has 0 bridgehead atoms. The van der Waals surface area contributed by atoms with Crippen molar-refractivity contribution in [1.82, 2.24) is 20.0 Å². The second kappa shape index (κ2) is 8.58. The normalized spacial score (nSPS) is 10.7. The van der Waals surface area contributed by atoms with Gasteiger partial charge in [-0.25, -0.2) is 9.78 Å². The van der Waals surface area contributed by atoms with Crippen molar-refractivity contribution in [2.45, 2.75) is 26.4 Å². The van der Waals surface area contributed by atoms with Crippen LogP contribution in [-0.2, 0) is 13.1 Å². The number of rotatable bonds is 7. The zero-order valence-electron chi connectivity index (χ0n) is 14.5. The number of carbonyl (C=O) groups excluding carboxylic acids is 1. The fraction of sp³-hybridized carbons (Fsp3) is 0.263. The number of hydrogen-bond donors (Lipinski definition) is 2. The average molecular weight is 373 g/mol. The minimum Gasteiger partial charge on any atom is -0.494 e. The fourth-order valence-electron chi connectivity index (χ4n) is 2.44. The fourth-order valence-corrected chi connectivity index (χ4v) is 2.61. The number of halogens is 1. The van der Waals surface area contributed by atoms with Crippen molar-refractivity contribution in [2.24, 2.45) is 0 Å². The van der Waals surface area contributed by atoms with E-state index < -0.39 is 0 Å². The molecule has 0 aliphatic heterocycles. The Bertz CT molecular complexity index is 877. The smallest absolute Gasteiger partial charge is 0.315 e. The average Bonchev–Trinajstić information content (AvgIpc) is 3.06. The Kier molecular flexibility index (Phi) is 5.96. The summed E-state index contributed by atoms with van der Waals surface area (Å²) in [6.45, 7) is 3.56. The van der Waals surface area contributed by atoms with Gasteiger partial charge in [0.05, 0.1) is 23.9 Å². The van der Waals surface area contributed by atoms with E-state index in [2.05, 4.69) is 22.5 Å². The summed E-state index contributed by atoms with van der Waals surface area (Å²) in [6.07, 6.45) is 4.60. The third kappa shape index (κ3) is 4.89. The van der Waals surface area contributed by atoms with E-state index in [9.17, 15) is 4.79 Å². The maximum absolute atomic E-state index is 12.0. The van der Waals surface area contributed by atoms with Crippen molar-refractivity contribution < 1.29 is 9.53 Å². The molecule has 3 aromatic rings. The lowest BCUT2D eigenvalue weighted by Crippen LogP contribution is -2.34. The molecule has 0 saturated heterocycles. The van der Waals surface area contributed by atoms with E-state index in [1.165, 1.54) is 0 Å². The van der Waals surface area contributed by atoms with Gasteiger partial charge in [-0.05, 0) is 36.2 Å². The summed E-state index contributed by atoms with van der Waals surface area (Å²) in [5, 5.41) is 6.27. The zero-order chi connectivity index (χ0) is 18.4. The molecule has 7 heteroatoms. The molecule has 1 aromatic carbocycles. The summed E-state index contributed by atoms with van der Waals surface area (Å²) >= 11 is 5.95. The van der Waals surface area contributed by atoms with Crippen molar-refractivity contribution in [3.05, 3.63) is 65.1 Å². The molecule has 6 nitrogen and oxygen atoms in total. The van der Waals surface area contributed by atoms with Gasteiger partial charge in [0.2, 0.25) is 0 Å². The number of pyridine rings is 1. The SMILES string of the molecule is CCCOc1ccc(CNC(=O)NCc2cn3cc(Cl)ccc3n2)cc1. The van der Waals surface area contributed by atoms with Gasteiger partial charge >= 0.3 is 6.03 Å². The molecule has 0 unspecified atom stereocenters. The first-order chi connectivity index (χ1) is 12.6. The van der Waals surface area contributed by atoms with Gasteiger partial charge in [0.15, 0.2) is 0 Å². The lowest BCUT2D eigenvalue weighted by Gasteiger charge is -2.08. The summed E-state index contributed by atoms with van der Waals surface area (Å²) in [5.41, 5.74) is 2.56. The maximum atomic E-state index is 12.0. The molecule has 0 saturated carbocycles. The van der Waals surface area contributed by atoms with Crippen LogP contribution < -0.4 is 15.4 Å². The predicted octanol–water partition coefficient (Wildman–Crippen LogP) is 3.78. The molecule has 0 fully saturated rings. The second-order valence-corrected chi connectivity index (χ2v) is 6.31. The molecule has 136 valence electrons. The zero-order valence-corrected chi connectivity index (χ0v) is 15.3.